The molecular formula is C29H21N3. The van der Waals surface area contributed by atoms with Crippen molar-refractivity contribution in [2.45, 2.75) is 19.3 Å². The Morgan fingerprint density at radius 3 is 1.97 bits per heavy atom. The largest absolute Gasteiger partial charge is 0.310 e. The topological polar surface area (TPSA) is 50.8 Å². The molecule has 5 rings (SSSR count). The van der Waals surface area contributed by atoms with Crippen LogP contribution in [0, 0.1) is 22.7 Å². The summed E-state index contributed by atoms with van der Waals surface area (Å²) < 4.78 is 0. The highest BCUT2D eigenvalue weighted by Crippen LogP contribution is 2.52. The van der Waals surface area contributed by atoms with Crippen molar-refractivity contribution in [3.05, 3.63) is 113 Å². The van der Waals surface area contributed by atoms with E-state index < -0.39 is 0 Å². The lowest BCUT2D eigenvalue weighted by molar-refractivity contribution is 0.632. The molecule has 0 atom stereocenters. The number of fused-ring (bicyclic) bond motifs is 2. The highest BCUT2D eigenvalue weighted by atomic mass is 15.2. The van der Waals surface area contributed by atoms with Gasteiger partial charge in [-0.1, -0.05) is 62.4 Å². The van der Waals surface area contributed by atoms with Crippen molar-refractivity contribution in [3.8, 4) is 23.3 Å². The first-order valence-electron chi connectivity index (χ1n) is 10.6. The smallest absolute Gasteiger partial charge is 0.0998 e. The number of nitrogens with zero attached hydrogens (tertiary/aromatic N) is 3. The minimum atomic E-state index is -0.248. The average Bonchev–Trinajstić information content (AvgIpc) is 2.84. The van der Waals surface area contributed by atoms with Crippen LogP contribution in [-0.2, 0) is 5.41 Å². The van der Waals surface area contributed by atoms with Crippen LogP contribution >= 0.6 is 0 Å². The zero-order valence-corrected chi connectivity index (χ0v) is 18.0. The number of para-hydroxylation sites is 2. The fourth-order valence-corrected chi connectivity index (χ4v) is 4.76. The molecule has 0 aromatic heterocycles. The van der Waals surface area contributed by atoms with Crippen molar-refractivity contribution in [2.75, 3.05) is 4.90 Å². The maximum atomic E-state index is 9.69. The monoisotopic (exact) mass is 411 g/mol. The van der Waals surface area contributed by atoms with Gasteiger partial charge in [-0.2, -0.15) is 10.5 Å². The quantitative estimate of drug-likeness (QED) is 0.350. The maximum Gasteiger partial charge on any atom is 0.0998 e. The molecule has 0 saturated carbocycles. The van der Waals surface area contributed by atoms with E-state index in [1.54, 1.807) is 18.2 Å². The predicted octanol–water partition coefficient (Wildman–Crippen LogP) is 7.21. The number of hydrogen-bond acceptors (Lipinski definition) is 3. The number of rotatable bonds is 2. The summed E-state index contributed by atoms with van der Waals surface area (Å²) in [6.45, 7) is 4.47. The SMILES string of the molecule is CC1(C)c2ccccc2N(c2ccccc2)c2ccc(-c3c(C#N)cccc3C#N)cc21. The standard InChI is InChI=1S/C29H21N3/c1-29(2)24-13-6-7-14-26(24)32(23-11-4-3-5-12-23)27-16-15-20(17-25(27)29)28-21(18-30)9-8-10-22(28)19-31/h3-17H,1-2H3. The number of anilines is 3. The molecular weight excluding hydrogens is 390 g/mol. The van der Waals surface area contributed by atoms with Crippen LogP contribution in [0.5, 0.6) is 0 Å². The third-order valence-electron chi connectivity index (χ3n) is 6.34. The van der Waals surface area contributed by atoms with Crippen LogP contribution in [-0.4, -0.2) is 0 Å². The lowest BCUT2D eigenvalue weighted by Gasteiger charge is -2.42. The summed E-state index contributed by atoms with van der Waals surface area (Å²) in [4.78, 5) is 2.29. The van der Waals surface area contributed by atoms with Crippen LogP contribution in [0.4, 0.5) is 17.1 Å². The zero-order chi connectivity index (χ0) is 22.3. The molecule has 3 heteroatoms. The molecule has 0 spiro atoms. The van der Waals surface area contributed by atoms with E-state index in [1.807, 2.05) is 24.3 Å². The van der Waals surface area contributed by atoms with Gasteiger partial charge in [0.15, 0.2) is 0 Å². The van der Waals surface area contributed by atoms with Crippen molar-refractivity contribution >= 4 is 17.1 Å². The second-order valence-corrected chi connectivity index (χ2v) is 8.50. The van der Waals surface area contributed by atoms with Gasteiger partial charge in [-0.05, 0) is 59.2 Å². The molecule has 0 saturated heterocycles. The van der Waals surface area contributed by atoms with Gasteiger partial charge in [-0.15, -0.1) is 0 Å². The molecule has 1 heterocycles. The minimum Gasteiger partial charge on any atom is -0.310 e. The number of hydrogen-bond donors (Lipinski definition) is 0. The Labute approximate surface area is 188 Å². The van der Waals surface area contributed by atoms with E-state index in [2.05, 4.69) is 79.4 Å². The van der Waals surface area contributed by atoms with Gasteiger partial charge in [-0.25, -0.2) is 0 Å². The van der Waals surface area contributed by atoms with Crippen LogP contribution in [0.3, 0.4) is 0 Å². The molecule has 0 fully saturated rings. The fourth-order valence-electron chi connectivity index (χ4n) is 4.76. The van der Waals surface area contributed by atoms with E-state index >= 15 is 0 Å². The van der Waals surface area contributed by atoms with Crippen molar-refractivity contribution < 1.29 is 0 Å². The summed E-state index contributed by atoms with van der Waals surface area (Å²) in [5.74, 6) is 0. The summed E-state index contributed by atoms with van der Waals surface area (Å²) in [5, 5.41) is 19.4. The molecule has 0 bridgehead atoms. The predicted molar refractivity (Wildman–Crippen MR) is 128 cm³/mol. The van der Waals surface area contributed by atoms with Crippen molar-refractivity contribution in [1.82, 2.24) is 0 Å². The van der Waals surface area contributed by atoms with E-state index in [0.717, 1.165) is 22.5 Å². The Bertz CT molecular complexity index is 1390. The van der Waals surface area contributed by atoms with Gasteiger partial charge in [0.2, 0.25) is 0 Å². The van der Waals surface area contributed by atoms with Gasteiger partial charge >= 0.3 is 0 Å². The molecule has 0 amide bonds. The van der Waals surface area contributed by atoms with Crippen molar-refractivity contribution in [3.63, 3.8) is 0 Å². The molecule has 4 aromatic carbocycles. The summed E-state index contributed by atoms with van der Waals surface area (Å²) in [6.07, 6.45) is 0. The first-order valence-corrected chi connectivity index (χ1v) is 10.6. The van der Waals surface area contributed by atoms with Crippen LogP contribution < -0.4 is 4.90 Å². The summed E-state index contributed by atoms with van der Waals surface area (Å²) in [7, 11) is 0. The van der Waals surface area contributed by atoms with Crippen LogP contribution in [0.15, 0.2) is 91.0 Å². The van der Waals surface area contributed by atoms with E-state index in [0.29, 0.717) is 16.7 Å². The lowest BCUT2D eigenvalue weighted by Crippen LogP contribution is -2.30. The highest BCUT2D eigenvalue weighted by Gasteiger charge is 2.37. The van der Waals surface area contributed by atoms with Gasteiger partial charge in [-0.3, -0.25) is 0 Å². The number of nitriles is 2. The Hall–Kier alpha value is -4.34. The molecule has 0 N–H and O–H groups in total. The minimum absolute atomic E-state index is 0.248. The zero-order valence-electron chi connectivity index (χ0n) is 18.0. The van der Waals surface area contributed by atoms with E-state index in [-0.39, 0.29) is 5.41 Å². The Balaban J connectivity index is 1.80. The molecule has 0 unspecified atom stereocenters. The summed E-state index contributed by atoms with van der Waals surface area (Å²) in [6, 6.07) is 35.0. The Kier molecular flexibility index (Phi) is 4.54. The highest BCUT2D eigenvalue weighted by molar-refractivity contribution is 5.88. The third-order valence-corrected chi connectivity index (χ3v) is 6.34. The lowest BCUT2D eigenvalue weighted by atomic mass is 9.72. The molecule has 0 radical (unpaired) electrons. The Morgan fingerprint density at radius 2 is 1.28 bits per heavy atom. The molecule has 1 aliphatic rings. The van der Waals surface area contributed by atoms with Gasteiger partial charge < -0.3 is 4.90 Å². The molecule has 4 aromatic rings. The summed E-state index contributed by atoms with van der Waals surface area (Å²) >= 11 is 0. The van der Waals surface area contributed by atoms with Gasteiger partial charge in [0.1, 0.15) is 0 Å². The fraction of sp³-hybridized carbons (Fsp3) is 0.103. The number of benzene rings is 4. The molecule has 1 aliphatic heterocycles. The van der Waals surface area contributed by atoms with Crippen LogP contribution in [0.1, 0.15) is 36.1 Å². The first-order chi connectivity index (χ1) is 15.6. The van der Waals surface area contributed by atoms with Gasteiger partial charge in [0, 0.05) is 16.7 Å². The molecule has 32 heavy (non-hydrogen) atoms. The van der Waals surface area contributed by atoms with E-state index in [1.165, 1.54) is 11.3 Å². The van der Waals surface area contributed by atoms with Gasteiger partial charge in [0.05, 0.1) is 34.6 Å². The normalized spacial score (nSPS) is 13.4. The second kappa shape index (κ2) is 7.41. The van der Waals surface area contributed by atoms with Crippen molar-refractivity contribution in [1.29, 1.82) is 10.5 Å². The second-order valence-electron chi connectivity index (χ2n) is 8.50. The van der Waals surface area contributed by atoms with E-state index in [9.17, 15) is 10.5 Å². The Morgan fingerprint density at radius 1 is 0.656 bits per heavy atom. The maximum absolute atomic E-state index is 9.69. The van der Waals surface area contributed by atoms with Crippen molar-refractivity contribution in [2.24, 2.45) is 0 Å². The molecule has 3 nitrogen and oxygen atoms in total. The third kappa shape index (κ3) is 2.88. The van der Waals surface area contributed by atoms with Crippen LogP contribution in [0.25, 0.3) is 11.1 Å². The molecule has 152 valence electrons. The molecule has 0 aliphatic carbocycles. The first kappa shape index (κ1) is 19.6. The van der Waals surface area contributed by atoms with E-state index in [4.69, 9.17) is 0 Å². The summed E-state index contributed by atoms with van der Waals surface area (Å²) in [5.41, 5.74) is 8.13. The van der Waals surface area contributed by atoms with Crippen LogP contribution in [0.2, 0.25) is 0 Å². The average molecular weight is 412 g/mol. The van der Waals surface area contributed by atoms with Gasteiger partial charge in [0.25, 0.3) is 0 Å².